The number of aromatic nitrogens is 2. The van der Waals surface area contributed by atoms with Crippen molar-refractivity contribution < 1.29 is 4.39 Å². The van der Waals surface area contributed by atoms with Crippen LogP contribution in [0.2, 0.25) is 0 Å². The summed E-state index contributed by atoms with van der Waals surface area (Å²) >= 11 is 0. The van der Waals surface area contributed by atoms with E-state index in [0.717, 1.165) is 54.6 Å². The summed E-state index contributed by atoms with van der Waals surface area (Å²) in [5.74, 6) is -0.154. The summed E-state index contributed by atoms with van der Waals surface area (Å²) in [7, 11) is 0. The zero-order valence-corrected chi connectivity index (χ0v) is 13.5. The van der Waals surface area contributed by atoms with Gasteiger partial charge in [-0.1, -0.05) is 12.1 Å². The van der Waals surface area contributed by atoms with Crippen LogP contribution in [-0.2, 0) is 6.54 Å². The summed E-state index contributed by atoms with van der Waals surface area (Å²) in [5, 5.41) is 11.8. The third kappa shape index (κ3) is 3.41. The van der Waals surface area contributed by atoms with Gasteiger partial charge in [0, 0.05) is 36.7 Å². The lowest BCUT2D eigenvalue weighted by Crippen LogP contribution is -2.38. The first-order valence-electron chi connectivity index (χ1n) is 8.43. The lowest BCUT2D eigenvalue weighted by atomic mass is 10.0. The standard InChI is InChI=1S/C19H21FN4/c20-16-3-1-2-14(10-16)13-24-8-6-17(7-9-24)22-18-4-5-19-15(11-18)12-21-23-19/h1-5,10-12,17,22H,6-9,13H2,(H,21,23). The zero-order chi connectivity index (χ0) is 16.4. The Labute approximate surface area is 140 Å². The van der Waals surface area contributed by atoms with Crippen LogP contribution in [0.4, 0.5) is 10.1 Å². The number of piperidine rings is 1. The van der Waals surface area contributed by atoms with Gasteiger partial charge in [0.1, 0.15) is 5.82 Å². The van der Waals surface area contributed by atoms with E-state index in [9.17, 15) is 4.39 Å². The fourth-order valence-electron chi connectivity index (χ4n) is 3.40. The van der Waals surface area contributed by atoms with Crippen molar-refractivity contribution in [1.29, 1.82) is 0 Å². The predicted molar refractivity (Wildman–Crippen MR) is 94.4 cm³/mol. The van der Waals surface area contributed by atoms with Crippen LogP contribution in [0, 0.1) is 5.82 Å². The Morgan fingerprint density at radius 1 is 1.17 bits per heavy atom. The molecule has 5 heteroatoms. The topological polar surface area (TPSA) is 44.0 Å². The number of nitrogens with zero attached hydrogens (tertiary/aromatic N) is 2. The Kier molecular flexibility index (Phi) is 4.17. The largest absolute Gasteiger partial charge is 0.382 e. The minimum absolute atomic E-state index is 0.154. The monoisotopic (exact) mass is 324 g/mol. The minimum Gasteiger partial charge on any atom is -0.382 e. The molecule has 1 saturated heterocycles. The SMILES string of the molecule is Fc1cccc(CN2CCC(Nc3ccc4[nH]ncc4c3)CC2)c1. The van der Waals surface area contributed by atoms with Crippen LogP contribution in [0.3, 0.4) is 0 Å². The Morgan fingerprint density at radius 3 is 2.88 bits per heavy atom. The zero-order valence-electron chi connectivity index (χ0n) is 13.5. The van der Waals surface area contributed by atoms with E-state index in [-0.39, 0.29) is 5.82 Å². The van der Waals surface area contributed by atoms with E-state index in [1.807, 2.05) is 12.3 Å². The highest BCUT2D eigenvalue weighted by molar-refractivity contribution is 5.81. The second-order valence-corrected chi connectivity index (χ2v) is 6.50. The van der Waals surface area contributed by atoms with Gasteiger partial charge in [-0.2, -0.15) is 5.10 Å². The molecule has 1 aliphatic heterocycles. The van der Waals surface area contributed by atoms with Crippen LogP contribution >= 0.6 is 0 Å². The van der Waals surface area contributed by atoms with E-state index >= 15 is 0 Å². The smallest absolute Gasteiger partial charge is 0.123 e. The lowest BCUT2D eigenvalue weighted by Gasteiger charge is -2.33. The minimum atomic E-state index is -0.154. The number of halogens is 1. The summed E-state index contributed by atoms with van der Waals surface area (Å²) in [6.45, 7) is 2.88. The molecule has 2 aromatic carbocycles. The van der Waals surface area contributed by atoms with Crippen molar-refractivity contribution in [2.24, 2.45) is 0 Å². The number of benzene rings is 2. The van der Waals surface area contributed by atoms with E-state index < -0.39 is 0 Å². The van der Waals surface area contributed by atoms with Gasteiger partial charge >= 0.3 is 0 Å². The molecule has 2 N–H and O–H groups in total. The van der Waals surface area contributed by atoms with Crippen molar-refractivity contribution in [1.82, 2.24) is 15.1 Å². The quantitative estimate of drug-likeness (QED) is 0.767. The third-order valence-electron chi connectivity index (χ3n) is 4.69. The van der Waals surface area contributed by atoms with Crippen molar-refractivity contribution in [2.75, 3.05) is 18.4 Å². The molecule has 3 aromatic rings. The molecule has 1 aliphatic rings. The molecule has 0 unspecified atom stereocenters. The molecule has 1 fully saturated rings. The molecule has 4 rings (SSSR count). The molecule has 124 valence electrons. The average molecular weight is 324 g/mol. The highest BCUT2D eigenvalue weighted by Gasteiger charge is 2.19. The number of anilines is 1. The first-order chi connectivity index (χ1) is 11.8. The third-order valence-corrected chi connectivity index (χ3v) is 4.69. The first kappa shape index (κ1) is 15.1. The van der Waals surface area contributed by atoms with Gasteiger partial charge in [0.2, 0.25) is 0 Å². The molecular formula is C19H21FN4. The van der Waals surface area contributed by atoms with Crippen molar-refractivity contribution >= 4 is 16.6 Å². The van der Waals surface area contributed by atoms with Gasteiger partial charge in [-0.25, -0.2) is 4.39 Å². The van der Waals surface area contributed by atoms with E-state index in [1.165, 1.54) is 6.07 Å². The number of aromatic amines is 1. The molecule has 0 amide bonds. The number of fused-ring (bicyclic) bond motifs is 1. The van der Waals surface area contributed by atoms with Gasteiger partial charge in [0.15, 0.2) is 0 Å². The number of hydrogen-bond acceptors (Lipinski definition) is 3. The van der Waals surface area contributed by atoms with Gasteiger partial charge < -0.3 is 5.32 Å². The van der Waals surface area contributed by atoms with Gasteiger partial charge in [-0.15, -0.1) is 0 Å². The van der Waals surface area contributed by atoms with Gasteiger partial charge in [-0.05, 0) is 48.7 Å². The maximum absolute atomic E-state index is 13.3. The van der Waals surface area contributed by atoms with Crippen LogP contribution in [0.25, 0.3) is 10.9 Å². The molecule has 0 bridgehead atoms. The van der Waals surface area contributed by atoms with Crippen molar-refractivity contribution in [3.05, 3.63) is 60.0 Å². The van der Waals surface area contributed by atoms with Crippen LogP contribution in [0.5, 0.6) is 0 Å². The Hall–Kier alpha value is -2.40. The fourth-order valence-corrected chi connectivity index (χ4v) is 3.40. The molecule has 2 heterocycles. The van der Waals surface area contributed by atoms with E-state index in [1.54, 1.807) is 12.1 Å². The lowest BCUT2D eigenvalue weighted by molar-refractivity contribution is 0.211. The molecule has 4 nitrogen and oxygen atoms in total. The van der Waals surface area contributed by atoms with Gasteiger partial charge in [0.05, 0.1) is 11.7 Å². The molecule has 24 heavy (non-hydrogen) atoms. The summed E-state index contributed by atoms with van der Waals surface area (Å²) in [6, 6.07) is 13.7. The molecule has 1 aromatic heterocycles. The van der Waals surface area contributed by atoms with Crippen molar-refractivity contribution in [2.45, 2.75) is 25.4 Å². The van der Waals surface area contributed by atoms with Gasteiger partial charge in [-0.3, -0.25) is 10.00 Å². The number of nitrogens with one attached hydrogen (secondary N) is 2. The molecule has 0 spiro atoms. The second kappa shape index (κ2) is 6.61. The molecule has 0 radical (unpaired) electrons. The average Bonchev–Trinajstić information content (AvgIpc) is 3.04. The van der Waals surface area contributed by atoms with Crippen LogP contribution in [0.1, 0.15) is 18.4 Å². The Balaban J connectivity index is 1.32. The maximum Gasteiger partial charge on any atom is 0.123 e. The van der Waals surface area contributed by atoms with E-state index in [2.05, 4.69) is 38.6 Å². The van der Waals surface area contributed by atoms with Crippen molar-refractivity contribution in [3.63, 3.8) is 0 Å². The van der Waals surface area contributed by atoms with Crippen LogP contribution < -0.4 is 5.32 Å². The van der Waals surface area contributed by atoms with Crippen LogP contribution in [-0.4, -0.2) is 34.2 Å². The first-order valence-corrected chi connectivity index (χ1v) is 8.43. The summed E-state index contributed by atoms with van der Waals surface area (Å²) in [5.41, 5.74) is 3.25. The summed E-state index contributed by atoms with van der Waals surface area (Å²) < 4.78 is 13.3. The Bertz CT molecular complexity index is 821. The second-order valence-electron chi connectivity index (χ2n) is 6.50. The number of rotatable bonds is 4. The Morgan fingerprint density at radius 2 is 2.04 bits per heavy atom. The molecule has 0 aliphatic carbocycles. The maximum atomic E-state index is 13.3. The van der Waals surface area contributed by atoms with Crippen molar-refractivity contribution in [3.8, 4) is 0 Å². The number of hydrogen-bond donors (Lipinski definition) is 2. The van der Waals surface area contributed by atoms with Crippen LogP contribution in [0.15, 0.2) is 48.7 Å². The van der Waals surface area contributed by atoms with E-state index in [0.29, 0.717) is 6.04 Å². The highest BCUT2D eigenvalue weighted by Crippen LogP contribution is 2.21. The summed E-state index contributed by atoms with van der Waals surface area (Å²) in [6.07, 6.45) is 4.04. The number of likely N-dealkylation sites (tertiary alicyclic amines) is 1. The normalized spacial score (nSPS) is 16.5. The predicted octanol–water partition coefficient (Wildman–Crippen LogP) is 3.78. The molecule has 0 atom stereocenters. The fraction of sp³-hybridized carbons (Fsp3) is 0.316. The molecular weight excluding hydrogens is 303 g/mol. The number of H-pyrrole nitrogens is 1. The van der Waals surface area contributed by atoms with E-state index in [4.69, 9.17) is 0 Å². The van der Waals surface area contributed by atoms with Gasteiger partial charge in [0.25, 0.3) is 0 Å². The highest BCUT2D eigenvalue weighted by atomic mass is 19.1. The summed E-state index contributed by atoms with van der Waals surface area (Å²) in [4.78, 5) is 2.40. The molecule has 0 saturated carbocycles.